The molecule has 0 aliphatic heterocycles. The monoisotopic (exact) mass is 248 g/mol. The first-order valence-corrected chi connectivity index (χ1v) is 6.24. The summed E-state index contributed by atoms with van der Waals surface area (Å²) in [6, 6.07) is 0. The molecule has 5 heteroatoms. The van der Waals surface area contributed by atoms with Gasteiger partial charge in [-0.1, -0.05) is 11.6 Å². The van der Waals surface area contributed by atoms with Gasteiger partial charge in [-0.3, -0.25) is 4.68 Å². The van der Waals surface area contributed by atoms with Gasteiger partial charge in [0.1, 0.15) is 5.15 Å². The third-order valence-electron chi connectivity index (χ3n) is 3.10. The first kappa shape index (κ1) is 10.7. The predicted molar refractivity (Wildman–Crippen MR) is 66.0 cm³/mol. The maximum absolute atomic E-state index is 6.19. The summed E-state index contributed by atoms with van der Waals surface area (Å²) in [5, 5.41) is 4.83. The van der Waals surface area contributed by atoms with Crippen molar-refractivity contribution in [1.82, 2.24) is 19.7 Å². The highest BCUT2D eigenvalue weighted by Gasteiger charge is 2.19. The van der Waals surface area contributed by atoms with Crippen molar-refractivity contribution >= 4 is 11.6 Å². The molecule has 0 saturated heterocycles. The minimum absolute atomic E-state index is 0.603. The van der Waals surface area contributed by atoms with Gasteiger partial charge in [0.05, 0.1) is 11.8 Å². The van der Waals surface area contributed by atoms with Crippen molar-refractivity contribution in [2.45, 2.75) is 32.7 Å². The highest BCUT2D eigenvalue weighted by atomic mass is 35.5. The Hall–Kier alpha value is -1.42. The number of nitrogens with zero attached hydrogens (tertiary/aromatic N) is 4. The molecule has 1 aliphatic carbocycles. The molecular weight excluding hydrogens is 236 g/mol. The van der Waals surface area contributed by atoms with Gasteiger partial charge >= 0.3 is 0 Å². The molecule has 0 spiro atoms. The highest BCUT2D eigenvalue weighted by molar-refractivity contribution is 6.30. The lowest BCUT2D eigenvalue weighted by Gasteiger charge is -2.03. The summed E-state index contributed by atoms with van der Waals surface area (Å²) in [7, 11) is 0. The van der Waals surface area contributed by atoms with E-state index in [1.807, 2.05) is 17.8 Å². The Labute approximate surface area is 105 Å². The molecule has 2 heterocycles. The van der Waals surface area contributed by atoms with Crippen LogP contribution in [0.25, 0.3) is 11.4 Å². The molecule has 2 aromatic rings. The van der Waals surface area contributed by atoms with Crippen molar-refractivity contribution in [2.24, 2.45) is 0 Å². The summed E-state index contributed by atoms with van der Waals surface area (Å²) in [5.41, 5.74) is 3.16. The van der Waals surface area contributed by atoms with E-state index in [0.717, 1.165) is 42.6 Å². The lowest BCUT2D eigenvalue weighted by Crippen LogP contribution is -1.97. The Bertz CT molecular complexity index is 562. The largest absolute Gasteiger partial charge is 0.272 e. The molecule has 1 aliphatic rings. The van der Waals surface area contributed by atoms with E-state index in [4.69, 9.17) is 11.6 Å². The first-order chi connectivity index (χ1) is 8.28. The van der Waals surface area contributed by atoms with Crippen molar-refractivity contribution in [2.75, 3.05) is 0 Å². The van der Waals surface area contributed by atoms with Gasteiger partial charge in [-0.2, -0.15) is 5.10 Å². The summed E-state index contributed by atoms with van der Waals surface area (Å²) in [4.78, 5) is 8.95. The fourth-order valence-electron chi connectivity index (χ4n) is 2.17. The molecule has 3 rings (SSSR count). The topological polar surface area (TPSA) is 43.6 Å². The fraction of sp³-hybridized carbons (Fsp3) is 0.417. The SMILES string of the molecule is CCn1cc(-c2nc(Cl)c3c(n2)CCC3)cn1. The van der Waals surface area contributed by atoms with E-state index >= 15 is 0 Å². The maximum Gasteiger partial charge on any atom is 0.164 e. The van der Waals surface area contributed by atoms with Gasteiger partial charge < -0.3 is 0 Å². The molecule has 0 bridgehead atoms. The van der Waals surface area contributed by atoms with Crippen molar-refractivity contribution in [3.8, 4) is 11.4 Å². The van der Waals surface area contributed by atoms with Crippen LogP contribution in [-0.4, -0.2) is 19.7 Å². The number of rotatable bonds is 2. The summed E-state index contributed by atoms with van der Waals surface area (Å²) in [5.74, 6) is 0.690. The van der Waals surface area contributed by atoms with Gasteiger partial charge in [0, 0.05) is 24.0 Å². The number of hydrogen-bond donors (Lipinski definition) is 0. The number of halogens is 1. The van der Waals surface area contributed by atoms with E-state index in [-0.39, 0.29) is 0 Å². The van der Waals surface area contributed by atoms with E-state index in [1.165, 1.54) is 0 Å². The van der Waals surface area contributed by atoms with E-state index in [1.54, 1.807) is 6.20 Å². The summed E-state index contributed by atoms with van der Waals surface area (Å²) < 4.78 is 1.86. The average Bonchev–Trinajstić information content (AvgIpc) is 2.97. The second-order valence-electron chi connectivity index (χ2n) is 4.20. The van der Waals surface area contributed by atoms with Crippen molar-refractivity contribution in [3.63, 3.8) is 0 Å². The van der Waals surface area contributed by atoms with Crippen LogP contribution in [0.3, 0.4) is 0 Å². The van der Waals surface area contributed by atoms with E-state index < -0.39 is 0 Å². The van der Waals surface area contributed by atoms with Gasteiger partial charge in [0.2, 0.25) is 0 Å². The Morgan fingerprint density at radius 2 is 2.24 bits per heavy atom. The third kappa shape index (κ3) is 1.82. The Morgan fingerprint density at radius 1 is 1.35 bits per heavy atom. The Morgan fingerprint density at radius 3 is 3.00 bits per heavy atom. The molecule has 17 heavy (non-hydrogen) atoms. The van der Waals surface area contributed by atoms with Crippen LogP contribution in [0.1, 0.15) is 24.6 Å². The molecule has 0 atom stereocenters. The minimum atomic E-state index is 0.603. The quantitative estimate of drug-likeness (QED) is 0.767. The summed E-state index contributed by atoms with van der Waals surface area (Å²) >= 11 is 6.19. The molecule has 0 N–H and O–H groups in total. The van der Waals surface area contributed by atoms with Crippen LogP contribution in [-0.2, 0) is 19.4 Å². The Balaban J connectivity index is 2.06. The van der Waals surface area contributed by atoms with Crippen molar-refractivity contribution in [1.29, 1.82) is 0 Å². The van der Waals surface area contributed by atoms with Gasteiger partial charge in [-0.05, 0) is 26.2 Å². The second kappa shape index (κ2) is 4.11. The molecule has 0 radical (unpaired) electrons. The van der Waals surface area contributed by atoms with E-state index in [0.29, 0.717) is 11.0 Å². The highest BCUT2D eigenvalue weighted by Crippen LogP contribution is 2.28. The molecule has 0 unspecified atom stereocenters. The number of fused-ring (bicyclic) bond motifs is 1. The molecule has 88 valence electrons. The zero-order chi connectivity index (χ0) is 11.8. The van der Waals surface area contributed by atoms with Gasteiger partial charge in [0.25, 0.3) is 0 Å². The van der Waals surface area contributed by atoms with Gasteiger partial charge in [0.15, 0.2) is 5.82 Å². The predicted octanol–water partition coefficient (Wildman–Crippen LogP) is 2.50. The van der Waals surface area contributed by atoms with Crippen LogP contribution in [0.15, 0.2) is 12.4 Å². The number of aryl methyl sites for hydroxylation is 2. The number of aromatic nitrogens is 4. The van der Waals surface area contributed by atoms with Gasteiger partial charge in [-0.15, -0.1) is 0 Å². The zero-order valence-electron chi connectivity index (χ0n) is 9.65. The summed E-state index contributed by atoms with van der Waals surface area (Å²) in [6.45, 7) is 2.89. The molecule has 0 amide bonds. The van der Waals surface area contributed by atoms with Crippen LogP contribution in [0.5, 0.6) is 0 Å². The minimum Gasteiger partial charge on any atom is -0.272 e. The molecule has 0 aromatic carbocycles. The van der Waals surface area contributed by atoms with Gasteiger partial charge in [-0.25, -0.2) is 9.97 Å². The van der Waals surface area contributed by atoms with E-state index in [9.17, 15) is 0 Å². The van der Waals surface area contributed by atoms with Crippen LogP contribution >= 0.6 is 11.6 Å². The summed E-state index contributed by atoms with van der Waals surface area (Å²) in [6.07, 6.45) is 6.88. The first-order valence-electron chi connectivity index (χ1n) is 5.86. The van der Waals surface area contributed by atoms with E-state index in [2.05, 4.69) is 15.1 Å². The average molecular weight is 249 g/mol. The fourth-order valence-corrected chi connectivity index (χ4v) is 2.45. The normalized spacial score (nSPS) is 14.0. The molecule has 0 saturated carbocycles. The Kier molecular flexibility index (Phi) is 2.59. The molecular formula is C12H13ClN4. The maximum atomic E-state index is 6.19. The lowest BCUT2D eigenvalue weighted by molar-refractivity contribution is 0.660. The van der Waals surface area contributed by atoms with Crippen LogP contribution < -0.4 is 0 Å². The van der Waals surface area contributed by atoms with Crippen LogP contribution in [0.2, 0.25) is 5.15 Å². The standard InChI is InChI=1S/C12H13ClN4/c1-2-17-7-8(6-14-17)12-15-10-5-3-4-9(10)11(13)16-12/h6-7H,2-5H2,1H3. The molecule has 2 aromatic heterocycles. The molecule has 0 fully saturated rings. The zero-order valence-corrected chi connectivity index (χ0v) is 10.4. The third-order valence-corrected chi connectivity index (χ3v) is 3.41. The molecule has 4 nitrogen and oxygen atoms in total. The number of hydrogen-bond acceptors (Lipinski definition) is 3. The lowest BCUT2D eigenvalue weighted by atomic mass is 10.2. The second-order valence-corrected chi connectivity index (χ2v) is 4.56. The van der Waals surface area contributed by atoms with Crippen molar-refractivity contribution < 1.29 is 0 Å². The van der Waals surface area contributed by atoms with Crippen LogP contribution in [0, 0.1) is 0 Å². The van der Waals surface area contributed by atoms with Crippen LogP contribution in [0.4, 0.5) is 0 Å². The smallest absolute Gasteiger partial charge is 0.164 e. The van der Waals surface area contributed by atoms with Crippen molar-refractivity contribution in [3.05, 3.63) is 28.8 Å².